The number of nitrogens with zero attached hydrogens (tertiary/aromatic N) is 1. The Bertz CT molecular complexity index is 612. The molecule has 2 N–H and O–H groups in total. The number of hydrogen-bond donors (Lipinski definition) is 1. The second-order valence-corrected chi connectivity index (χ2v) is 7.21. The molecule has 5 heteroatoms. The Labute approximate surface area is 138 Å². The van der Waals surface area contributed by atoms with E-state index in [4.69, 9.17) is 10.5 Å². The summed E-state index contributed by atoms with van der Waals surface area (Å²) in [5.41, 5.74) is 9.36. The highest BCUT2D eigenvalue weighted by Gasteiger charge is 2.13. The van der Waals surface area contributed by atoms with Crippen molar-refractivity contribution in [2.24, 2.45) is 5.73 Å². The maximum Gasteiger partial charge on any atom is 0.131 e. The lowest BCUT2D eigenvalue weighted by atomic mass is 10.0. The van der Waals surface area contributed by atoms with Gasteiger partial charge in [0, 0.05) is 15.9 Å². The summed E-state index contributed by atoms with van der Waals surface area (Å²) in [4.78, 5) is 4.44. The predicted octanol–water partition coefficient (Wildman–Crippen LogP) is 4.38. The number of ether oxygens (including phenoxy) is 1. The first-order valence-corrected chi connectivity index (χ1v) is 8.75. The van der Waals surface area contributed by atoms with Gasteiger partial charge in [0.1, 0.15) is 12.4 Å². The zero-order valence-corrected chi connectivity index (χ0v) is 15.1. The number of nitrogens with two attached hydrogens (primary N) is 1. The molecule has 0 spiro atoms. The van der Waals surface area contributed by atoms with Crippen LogP contribution < -0.4 is 10.5 Å². The van der Waals surface area contributed by atoms with Gasteiger partial charge in [0.15, 0.2) is 0 Å². The van der Waals surface area contributed by atoms with Gasteiger partial charge >= 0.3 is 0 Å². The van der Waals surface area contributed by atoms with Crippen LogP contribution in [0.15, 0.2) is 22.0 Å². The predicted molar refractivity (Wildman–Crippen MR) is 92.0 cm³/mol. The molecule has 0 fully saturated rings. The summed E-state index contributed by atoms with van der Waals surface area (Å²) < 4.78 is 7.10. The molecule has 0 aliphatic carbocycles. The molecule has 2 rings (SSSR count). The van der Waals surface area contributed by atoms with Crippen molar-refractivity contribution in [2.45, 2.75) is 46.3 Å². The lowest BCUT2D eigenvalue weighted by Crippen LogP contribution is -2.22. The number of halogens is 1. The van der Waals surface area contributed by atoms with Crippen molar-refractivity contribution < 1.29 is 4.74 Å². The Hall–Kier alpha value is -0.910. The number of aromatic nitrogens is 1. The molecule has 0 aliphatic heterocycles. The van der Waals surface area contributed by atoms with E-state index in [0.29, 0.717) is 6.61 Å². The van der Waals surface area contributed by atoms with Gasteiger partial charge in [-0.1, -0.05) is 22.9 Å². The highest BCUT2D eigenvalue weighted by atomic mass is 79.9. The largest absolute Gasteiger partial charge is 0.487 e. The third kappa shape index (κ3) is 4.53. The SMILES string of the molecule is CCC(N)Cc1cc(Br)cc(C)c1OCc1csc(C)n1. The molecule has 1 heterocycles. The average Bonchev–Trinajstić information content (AvgIpc) is 2.83. The van der Waals surface area contributed by atoms with Crippen molar-refractivity contribution >= 4 is 27.3 Å². The molecule has 1 unspecified atom stereocenters. The molecule has 0 radical (unpaired) electrons. The van der Waals surface area contributed by atoms with Crippen LogP contribution in [0.3, 0.4) is 0 Å². The van der Waals surface area contributed by atoms with Crippen LogP contribution in [0.4, 0.5) is 0 Å². The van der Waals surface area contributed by atoms with Crippen LogP contribution >= 0.6 is 27.3 Å². The van der Waals surface area contributed by atoms with E-state index >= 15 is 0 Å². The first kappa shape index (κ1) is 16.5. The zero-order valence-electron chi connectivity index (χ0n) is 12.6. The van der Waals surface area contributed by atoms with Crippen molar-refractivity contribution in [2.75, 3.05) is 0 Å². The van der Waals surface area contributed by atoms with Gasteiger partial charge in [-0.15, -0.1) is 11.3 Å². The summed E-state index contributed by atoms with van der Waals surface area (Å²) in [6.07, 6.45) is 1.78. The summed E-state index contributed by atoms with van der Waals surface area (Å²) in [6.45, 7) is 6.67. The van der Waals surface area contributed by atoms with Crippen molar-refractivity contribution in [1.29, 1.82) is 0 Å². The van der Waals surface area contributed by atoms with Crippen LogP contribution in [0.5, 0.6) is 5.75 Å². The zero-order chi connectivity index (χ0) is 15.4. The maximum atomic E-state index is 6.10. The highest BCUT2D eigenvalue weighted by molar-refractivity contribution is 9.10. The first-order valence-electron chi connectivity index (χ1n) is 7.08. The number of rotatable bonds is 6. The normalized spacial score (nSPS) is 12.4. The van der Waals surface area contributed by atoms with Gasteiger partial charge in [-0.05, 0) is 49.9 Å². The minimum absolute atomic E-state index is 0.155. The maximum absolute atomic E-state index is 6.10. The van der Waals surface area contributed by atoms with Gasteiger partial charge in [0.05, 0.1) is 10.7 Å². The van der Waals surface area contributed by atoms with E-state index < -0.39 is 0 Å². The van der Waals surface area contributed by atoms with Crippen LogP contribution in [-0.4, -0.2) is 11.0 Å². The van der Waals surface area contributed by atoms with E-state index in [-0.39, 0.29) is 6.04 Å². The van der Waals surface area contributed by atoms with Crippen molar-refractivity contribution in [3.8, 4) is 5.75 Å². The molecule has 0 saturated heterocycles. The van der Waals surface area contributed by atoms with Crippen LogP contribution in [0, 0.1) is 13.8 Å². The Morgan fingerprint density at radius 2 is 2.14 bits per heavy atom. The van der Waals surface area contributed by atoms with Crippen molar-refractivity contribution in [3.63, 3.8) is 0 Å². The molecule has 114 valence electrons. The minimum Gasteiger partial charge on any atom is -0.487 e. The van der Waals surface area contributed by atoms with Gasteiger partial charge < -0.3 is 10.5 Å². The quantitative estimate of drug-likeness (QED) is 0.822. The molecule has 1 atom stereocenters. The Morgan fingerprint density at radius 3 is 2.76 bits per heavy atom. The molecule has 3 nitrogen and oxygen atoms in total. The molecule has 0 aliphatic rings. The third-order valence-corrected chi connectivity index (χ3v) is 4.63. The van der Waals surface area contributed by atoms with E-state index in [1.54, 1.807) is 11.3 Å². The summed E-state index contributed by atoms with van der Waals surface area (Å²) >= 11 is 5.20. The monoisotopic (exact) mass is 368 g/mol. The highest BCUT2D eigenvalue weighted by Crippen LogP contribution is 2.30. The van der Waals surface area contributed by atoms with Gasteiger partial charge in [-0.2, -0.15) is 0 Å². The fourth-order valence-corrected chi connectivity index (χ4v) is 3.42. The Balaban J connectivity index is 2.19. The second kappa shape index (κ2) is 7.38. The standard InChI is InChI=1S/C16H21BrN2OS/c1-4-14(18)7-12-6-13(17)5-10(2)16(12)20-8-15-9-21-11(3)19-15/h5-6,9,14H,4,7-8,18H2,1-3H3. The summed E-state index contributed by atoms with van der Waals surface area (Å²) in [5, 5.41) is 3.11. The molecule has 1 aromatic heterocycles. The van der Waals surface area contributed by atoms with Crippen molar-refractivity contribution in [3.05, 3.63) is 43.8 Å². The summed E-state index contributed by atoms with van der Waals surface area (Å²) in [5.74, 6) is 0.938. The first-order chi connectivity index (χ1) is 9.99. The van der Waals surface area contributed by atoms with E-state index in [9.17, 15) is 0 Å². The van der Waals surface area contributed by atoms with Crippen molar-refractivity contribution in [1.82, 2.24) is 4.98 Å². The lowest BCUT2D eigenvalue weighted by Gasteiger charge is -2.17. The summed E-state index contributed by atoms with van der Waals surface area (Å²) in [6, 6.07) is 4.33. The second-order valence-electron chi connectivity index (χ2n) is 5.23. The van der Waals surface area contributed by atoms with E-state index in [2.05, 4.69) is 46.9 Å². The molecule has 0 bridgehead atoms. The lowest BCUT2D eigenvalue weighted by molar-refractivity contribution is 0.296. The van der Waals surface area contributed by atoms with Crippen LogP contribution in [0.25, 0.3) is 0 Å². The average molecular weight is 369 g/mol. The van der Waals surface area contributed by atoms with Crippen LogP contribution in [-0.2, 0) is 13.0 Å². The van der Waals surface area contributed by atoms with Crippen LogP contribution in [0.1, 0.15) is 35.2 Å². The molecule has 21 heavy (non-hydrogen) atoms. The fourth-order valence-electron chi connectivity index (χ4n) is 2.20. The van der Waals surface area contributed by atoms with Crippen LogP contribution in [0.2, 0.25) is 0 Å². The number of hydrogen-bond acceptors (Lipinski definition) is 4. The number of benzene rings is 1. The fraction of sp³-hybridized carbons (Fsp3) is 0.438. The Morgan fingerprint density at radius 1 is 1.38 bits per heavy atom. The van der Waals surface area contributed by atoms with Gasteiger partial charge in [0.2, 0.25) is 0 Å². The number of thiazole rings is 1. The molecule has 2 aromatic rings. The molecule has 0 saturated carbocycles. The molecular formula is C16H21BrN2OS. The van der Waals surface area contributed by atoms with E-state index in [1.807, 2.05) is 12.3 Å². The molecule has 1 aromatic carbocycles. The smallest absolute Gasteiger partial charge is 0.131 e. The van der Waals surface area contributed by atoms with E-state index in [0.717, 1.165) is 44.9 Å². The molecular weight excluding hydrogens is 348 g/mol. The topological polar surface area (TPSA) is 48.1 Å². The number of aryl methyl sites for hydroxylation is 2. The van der Waals surface area contributed by atoms with Gasteiger partial charge in [0.25, 0.3) is 0 Å². The Kier molecular flexibility index (Phi) is 5.79. The van der Waals surface area contributed by atoms with E-state index in [1.165, 1.54) is 0 Å². The molecule has 0 amide bonds. The third-order valence-electron chi connectivity index (χ3n) is 3.35. The minimum atomic E-state index is 0.155. The summed E-state index contributed by atoms with van der Waals surface area (Å²) in [7, 11) is 0. The van der Waals surface area contributed by atoms with Gasteiger partial charge in [-0.25, -0.2) is 4.98 Å². The van der Waals surface area contributed by atoms with Gasteiger partial charge in [-0.3, -0.25) is 0 Å².